The van der Waals surface area contributed by atoms with Gasteiger partial charge in [0.15, 0.2) is 0 Å². The summed E-state index contributed by atoms with van der Waals surface area (Å²) in [7, 11) is 2.16. The van der Waals surface area contributed by atoms with Crippen molar-refractivity contribution in [2.75, 3.05) is 37.6 Å². The van der Waals surface area contributed by atoms with E-state index in [0.29, 0.717) is 0 Å². The molecule has 116 valence electrons. The van der Waals surface area contributed by atoms with Crippen LogP contribution in [0.3, 0.4) is 0 Å². The summed E-state index contributed by atoms with van der Waals surface area (Å²) < 4.78 is 3.61. The van der Waals surface area contributed by atoms with Crippen LogP contribution in [0.15, 0.2) is 24.3 Å². The van der Waals surface area contributed by atoms with Gasteiger partial charge in [0.2, 0.25) is 5.95 Å². The number of piperazine rings is 1. The first-order valence-corrected chi connectivity index (χ1v) is 8.91. The van der Waals surface area contributed by atoms with Gasteiger partial charge >= 0.3 is 0 Å². The third-order valence-corrected chi connectivity index (χ3v) is 5.64. The molecule has 3 heterocycles. The quantitative estimate of drug-likeness (QED) is 0.741. The van der Waals surface area contributed by atoms with E-state index in [2.05, 4.69) is 52.6 Å². The Hall–Kier alpha value is -1.59. The summed E-state index contributed by atoms with van der Waals surface area (Å²) in [6.07, 6.45) is 1.24. The van der Waals surface area contributed by atoms with E-state index >= 15 is 0 Å². The number of hydrogen-bond acceptors (Lipinski definition) is 4. The number of hydrogen-bond donors (Lipinski definition) is 0. The molecule has 22 heavy (non-hydrogen) atoms. The van der Waals surface area contributed by atoms with Crippen LogP contribution in [0.5, 0.6) is 0 Å². The van der Waals surface area contributed by atoms with Gasteiger partial charge in [-0.3, -0.25) is 4.90 Å². The molecule has 3 aromatic rings. The maximum atomic E-state index is 4.93. The summed E-state index contributed by atoms with van der Waals surface area (Å²) >= 11 is 1.80. The molecule has 4 rings (SSSR count). The summed E-state index contributed by atoms with van der Waals surface area (Å²) in [6.45, 7) is 7.93. The van der Waals surface area contributed by atoms with Crippen LogP contribution in [-0.2, 0) is 7.05 Å². The Balaban J connectivity index is 1.67. The molecule has 0 N–H and O–H groups in total. The minimum atomic E-state index is 1.08. The van der Waals surface area contributed by atoms with Crippen molar-refractivity contribution in [1.82, 2.24) is 14.5 Å². The third kappa shape index (κ3) is 2.20. The van der Waals surface area contributed by atoms with Gasteiger partial charge in [-0.05, 0) is 19.0 Å². The molecule has 1 saturated heterocycles. The van der Waals surface area contributed by atoms with E-state index in [1.54, 1.807) is 11.3 Å². The van der Waals surface area contributed by atoms with Crippen LogP contribution < -0.4 is 4.90 Å². The van der Waals surface area contributed by atoms with Crippen LogP contribution in [0.4, 0.5) is 5.95 Å². The average Bonchev–Trinajstić information content (AvgIpc) is 3.05. The second-order valence-corrected chi connectivity index (χ2v) is 7.08. The summed E-state index contributed by atoms with van der Waals surface area (Å²) in [5.41, 5.74) is 1.28. The highest BCUT2D eigenvalue weighted by molar-refractivity contribution is 7.25. The Morgan fingerprint density at radius 3 is 2.68 bits per heavy atom. The highest BCUT2D eigenvalue weighted by Crippen LogP contribution is 2.35. The lowest BCUT2D eigenvalue weighted by molar-refractivity contribution is 0.257. The van der Waals surface area contributed by atoms with Crippen LogP contribution in [0, 0.1) is 0 Å². The number of aromatic nitrogens is 2. The topological polar surface area (TPSA) is 24.3 Å². The van der Waals surface area contributed by atoms with Crippen molar-refractivity contribution >= 4 is 37.7 Å². The minimum absolute atomic E-state index is 1.08. The first-order valence-electron chi connectivity index (χ1n) is 8.09. The van der Waals surface area contributed by atoms with E-state index in [0.717, 1.165) is 37.0 Å². The summed E-state index contributed by atoms with van der Waals surface area (Å²) in [5.74, 6) is 1.13. The van der Waals surface area contributed by atoms with E-state index in [1.807, 2.05) is 0 Å². The molecule has 1 aliphatic heterocycles. The molecule has 1 aromatic carbocycles. The molecule has 0 spiro atoms. The molecule has 0 atom stereocenters. The summed E-state index contributed by atoms with van der Waals surface area (Å²) in [6, 6.07) is 8.61. The zero-order chi connectivity index (χ0) is 15.1. The van der Waals surface area contributed by atoms with Gasteiger partial charge in [-0.2, -0.15) is 0 Å². The molecule has 0 radical (unpaired) electrons. The van der Waals surface area contributed by atoms with Gasteiger partial charge in [0.25, 0.3) is 0 Å². The highest BCUT2D eigenvalue weighted by Gasteiger charge is 2.22. The van der Waals surface area contributed by atoms with Gasteiger partial charge in [-0.25, -0.2) is 4.98 Å². The van der Waals surface area contributed by atoms with Crippen molar-refractivity contribution < 1.29 is 0 Å². The van der Waals surface area contributed by atoms with Gasteiger partial charge in [-0.15, -0.1) is 11.3 Å². The molecule has 0 unspecified atom stereocenters. The van der Waals surface area contributed by atoms with E-state index in [1.165, 1.54) is 28.6 Å². The number of thiophene rings is 1. The Morgan fingerprint density at radius 2 is 1.91 bits per heavy atom. The SMILES string of the molecule is CCCN1CCN(c2nc3sc4ccccc4c3n2C)CC1. The second kappa shape index (κ2) is 5.56. The maximum Gasteiger partial charge on any atom is 0.207 e. The number of rotatable bonds is 3. The molecule has 0 saturated carbocycles. The number of nitrogens with zero attached hydrogens (tertiary/aromatic N) is 4. The Kier molecular flexibility index (Phi) is 3.54. The van der Waals surface area contributed by atoms with Crippen molar-refractivity contribution in [2.45, 2.75) is 13.3 Å². The minimum Gasteiger partial charge on any atom is -0.340 e. The zero-order valence-electron chi connectivity index (χ0n) is 13.2. The largest absolute Gasteiger partial charge is 0.340 e. The predicted molar refractivity (Wildman–Crippen MR) is 95.0 cm³/mol. The molecular formula is C17H22N4S. The maximum absolute atomic E-state index is 4.93. The Bertz CT molecular complexity index is 796. The number of fused-ring (bicyclic) bond motifs is 3. The molecule has 1 fully saturated rings. The Morgan fingerprint density at radius 1 is 1.14 bits per heavy atom. The summed E-state index contributed by atoms with van der Waals surface area (Å²) in [4.78, 5) is 11.1. The Labute approximate surface area is 135 Å². The van der Waals surface area contributed by atoms with Crippen LogP contribution in [0.25, 0.3) is 20.4 Å². The van der Waals surface area contributed by atoms with Crippen molar-refractivity contribution in [3.05, 3.63) is 24.3 Å². The van der Waals surface area contributed by atoms with Gasteiger partial charge in [0.1, 0.15) is 4.83 Å². The molecule has 0 aliphatic carbocycles. The fourth-order valence-corrected chi connectivity index (χ4v) is 4.56. The summed E-state index contributed by atoms with van der Waals surface area (Å²) in [5, 5.41) is 1.33. The lowest BCUT2D eigenvalue weighted by Gasteiger charge is -2.35. The number of imidazole rings is 1. The van der Waals surface area contributed by atoms with Gasteiger partial charge < -0.3 is 9.47 Å². The molecule has 0 amide bonds. The predicted octanol–water partition coefficient (Wildman–Crippen LogP) is 3.32. The fraction of sp³-hybridized carbons (Fsp3) is 0.471. The van der Waals surface area contributed by atoms with Crippen molar-refractivity contribution in [3.8, 4) is 0 Å². The number of anilines is 1. The molecule has 1 aliphatic rings. The fourth-order valence-electron chi connectivity index (χ4n) is 3.46. The highest BCUT2D eigenvalue weighted by atomic mass is 32.1. The molecule has 4 nitrogen and oxygen atoms in total. The first-order chi connectivity index (χ1) is 10.8. The van der Waals surface area contributed by atoms with E-state index in [9.17, 15) is 0 Å². The van der Waals surface area contributed by atoms with Crippen LogP contribution >= 0.6 is 11.3 Å². The monoisotopic (exact) mass is 314 g/mol. The number of aryl methyl sites for hydroxylation is 1. The molecule has 2 aromatic heterocycles. The lowest BCUT2D eigenvalue weighted by atomic mass is 10.2. The lowest BCUT2D eigenvalue weighted by Crippen LogP contribution is -2.47. The van der Waals surface area contributed by atoms with Crippen molar-refractivity contribution in [2.24, 2.45) is 7.05 Å². The standard InChI is InChI=1S/C17H22N4S/c1-3-8-20-9-11-21(12-10-20)17-18-16-15(19(17)2)13-6-4-5-7-14(13)22-16/h4-7H,3,8-12H2,1-2H3. The van der Waals surface area contributed by atoms with E-state index in [-0.39, 0.29) is 0 Å². The smallest absolute Gasteiger partial charge is 0.207 e. The van der Waals surface area contributed by atoms with Gasteiger partial charge in [0, 0.05) is 43.3 Å². The molecule has 0 bridgehead atoms. The van der Waals surface area contributed by atoms with Crippen LogP contribution in [-0.4, -0.2) is 47.2 Å². The molecular weight excluding hydrogens is 292 g/mol. The van der Waals surface area contributed by atoms with Crippen LogP contribution in [0.2, 0.25) is 0 Å². The van der Waals surface area contributed by atoms with Crippen LogP contribution in [0.1, 0.15) is 13.3 Å². The number of benzene rings is 1. The van der Waals surface area contributed by atoms with Gasteiger partial charge in [0.05, 0.1) is 5.52 Å². The van der Waals surface area contributed by atoms with Crippen molar-refractivity contribution in [3.63, 3.8) is 0 Å². The van der Waals surface area contributed by atoms with Gasteiger partial charge in [-0.1, -0.05) is 25.1 Å². The van der Waals surface area contributed by atoms with Crippen molar-refractivity contribution in [1.29, 1.82) is 0 Å². The first kappa shape index (κ1) is 14.0. The zero-order valence-corrected chi connectivity index (χ0v) is 14.1. The van der Waals surface area contributed by atoms with E-state index in [4.69, 9.17) is 4.98 Å². The van der Waals surface area contributed by atoms with E-state index < -0.39 is 0 Å². The second-order valence-electron chi connectivity index (χ2n) is 6.05. The third-order valence-electron chi connectivity index (χ3n) is 4.58. The molecule has 5 heteroatoms. The average molecular weight is 314 g/mol. The normalized spacial score (nSPS) is 16.9.